The zero-order chi connectivity index (χ0) is 9.20. The molecular weight excluding hydrogens is 148 g/mol. The molecule has 1 saturated carbocycles. The molecule has 0 aromatic carbocycles. The first-order chi connectivity index (χ1) is 5.33. The third-order valence-corrected chi connectivity index (χ3v) is 4.77. The fourth-order valence-electron chi connectivity index (χ4n) is 2.75. The lowest BCUT2D eigenvalue weighted by Gasteiger charge is -2.34. The summed E-state index contributed by atoms with van der Waals surface area (Å²) >= 11 is 0. The minimum Gasteiger partial charge on any atom is -0.491 e. The molecule has 0 aromatic heterocycles. The highest BCUT2D eigenvalue weighted by molar-refractivity contribution is 5.25. The first-order valence-electron chi connectivity index (χ1n) is 4.72. The van der Waals surface area contributed by atoms with Gasteiger partial charge in [0.1, 0.15) is 5.60 Å². The van der Waals surface area contributed by atoms with Gasteiger partial charge in [0.05, 0.1) is 5.76 Å². The number of fused-ring (bicyclic) bond motifs is 2. The van der Waals surface area contributed by atoms with Gasteiger partial charge in [0.2, 0.25) is 0 Å². The largest absolute Gasteiger partial charge is 0.491 e. The van der Waals surface area contributed by atoms with Crippen molar-refractivity contribution >= 4 is 0 Å². The Bertz CT molecular complexity index is 254. The minimum absolute atomic E-state index is 0.0405. The minimum atomic E-state index is 0.0405. The van der Waals surface area contributed by atoms with Crippen LogP contribution in [-0.4, -0.2) is 5.60 Å². The van der Waals surface area contributed by atoms with Crippen molar-refractivity contribution in [3.63, 3.8) is 0 Å². The van der Waals surface area contributed by atoms with Crippen LogP contribution in [0, 0.1) is 10.8 Å². The maximum absolute atomic E-state index is 5.87. The van der Waals surface area contributed by atoms with Crippen LogP contribution < -0.4 is 0 Å². The highest BCUT2D eigenvalue weighted by Gasteiger charge is 2.67. The quantitative estimate of drug-likeness (QED) is 0.537. The van der Waals surface area contributed by atoms with Gasteiger partial charge in [-0.3, -0.25) is 0 Å². The molecule has 2 unspecified atom stereocenters. The Balaban J connectivity index is 2.56. The maximum Gasteiger partial charge on any atom is 0.112 e. The van der Waals surface area contributed by atoms with Crippen LogP contribution in [0.5, 0.6) is 0 Å². The van der Waals surface area contributed by atoms with Crippen molar-refractivity contribution in [3.8, 4) is 0 Å². The SMILES string of the molecule is C=C1OC2(C)CCC1(C)C2(C)C. The highest BCUT2D eigenvalue weighted by atomic mass is 16.5. The summed E-state index contributed by atoms with van der Waals surface area (Å²) in [5.41, 5.74) is 0.498. The molecule has 12 heavy (non-hydrogen) atoms. The van der Waals surface area contributed by atoms with Gasteiger partial charge in [-0.15, -0.1) is 0 Å². The number of rotatable bonds is 0. The molecule has 1 saturated heterocycles. The van der Waals surface area contributed by atoms with Crippen LogP contribution in [0.25, 0.3) is 0 Å². The van der Waals surface area contributed by atoms with Gasteiger partial charge in [0.25, 0.3) is 0 Å². The normalized spacial score (nSPS) is 49.5. The second-order valence-corrected chi connectivity index (χ2v) is 5.21. The Labute approximate surface area is 74.8 Å². The van der Waals surface area contributed by atoms with Gasteiger partial charge in [-0.2, -0.15) is 0 Å². The van der Waals surface area contributed by atoms with Crippen molar-refractivity contribution in [1.29, 1.82) is 0 Å². The Morgan fingerprint density at radius 2 is 1.75 bits per heavy atom. The van der Waals surface area contributed by atoms with E-state index in [4.69, 9.17) is 4.74 Å². The molecule has 2 aliphatic rings. The summed E-state index contributed by atoms with van der Waals surface area (Å²) in [7, 11) is 0. The topological polar surface area (TPSA) is 9.23 Å². The smallest absolute Gasteiger partial charge is 0.112 e. The van der Waals surface area contributed by atoms with Crippen molar-refractivity contribution < 1.29 is 4.74 Å². The molecule has 68 valence electrons. The van der Waals surface area contributed by atoms with E-state index >= 15 is 0 Å². The van der Waals surface area contributed by atoms with Crippen molar-refractivity contribution in [3.05, 3.63) is 12.3 Å². The molecule has 2 bridgehead atoms. The van der Waals surface area contributed by atoms with Crippen LogP contribution in [0.15, 0.2) is 12.3 Å². The predicted molar refractivity (Wildman–Crippen MR) is 49.8 cm³/mol. The third kappa shape index (κ3) is 0.551. The lowest BCUT2D eigenvalue weighted by molar-refractivity contribution is -0.00669. The van der Waals surface area contributed by atoms with Gasteiger partial charge < -0.3 is 4.74 Å². The Kier molecular flexibility index (Phi) is 1.18. The first kappa shape index (κ1) is 8.15. The van der Waals surface area contributed by atoms with Crippen LogP contribution in [0.2, 0.25) is 0 Å². The summed E-state index contributed by atoms with van der Waals surface area (Å²) in [4.78, 5) is 0. The zero-order valence-electron chi connectivity index (χ0n) is 8.53. The summed E-state index contributed by atoms with van der Waals surface area (Å²) in [5.74, 6) is 1.00. The molecule has 1 nitrogen and oxygen atoms in total. The molecule has 2 rings (SSSR count). The van der Waals surface area contributed by atoms with Crippen molar-refractivity contribution in [2.45, 2.75) is 46.1 Å². The summed E-state index contributed by atoms with van der Waals surface area (Å²) in [6, 6.07) is 0. The van der Waals surface area contributed by atoms with E-state index in [1.165, 1.54) is 12.8 Å². The molecule has 1 aliphatic carbocycles. The lowest BCUT2D eigenvalue weighted by Crippen LogP contribution is -2.37. The fourth-order valence-corrected chi connectivity index (χ4v) is 2.75. The Morgan fingerprint density at radius 1 is 1.17 bits per heavy atom. The van der Waals surface area contributed by atoms with Gasteiger partial charge in [0.15, 0.2) is 0 Å². The van der Waals surface area contributed by atoms with E-state index in [-0.39, 0.29) is 16.4 Å². The zero-order valence-corrected chi connectivity index (χ0v) is 8.53. The summed E-state index contributed by atoms with van der Waals surface area (Å²) in [6.45, 7) is 13.1. The summed E-state index contributed by atoms with van der Waals surface area (Å²) < 4.78 is 5.87. The van der Waals surface area contributed by atoms with Gasteiger partial charge in [0, 0.05) is 10.8 Å². The molecule has 0 N–H and O–H groups in total. The van der Waals surface area contributed by atoms with Crippen LogP contribution in [-0.2, 0) is 4.74 Å². The van der Waals surface area contributed by atoms with Crippen LogP contribution in [0.3, 0.4) is 0 Å². The van der Waals surface area contributed by atoms with Crippen molar-refractivity contribution in [2.75, 3.05) is 0 Å². The standard InChI is InChI=1S/C11H18O/c1-8-10(4)6-7-11(5,12-8)9(10,2)3/h1,6-7H2,2-5H3. The van der Waals surface area contributed by atoms with E-state index in [1.807, 2.05) is 0 Å². The molecule has 0 radical (unpaired) electrons. The third-order valence-electron chi connectivity index (χ3n) is 4.77. The maximum atomic E-state index is 5.87. The summed E-state index contributed by atoms with van der Waals surface area (Å²) in [5, 5.41) is 0. The van der Waals surface area contributed by atoms with Crippen LogP contribution in [0.4, 0.5) is 0 Å². The van der Waals surface area contributed by atoms with Crippen molar-refractivity contribution in [2.24, 2.45) is 10.8 Å². The van der Waals surface area contributed by atoms with Crippen LogP contribution >= 0.6 is 0 Å². The molecule has 0 spiro atoms. The van der Waals surface area contributed by atoms with E-state index in [2.05, 4.69) is 34.3 Å². The van der Waals surface area contributed by atoms with E-state index < -0.39 is 0 Å². The van der Waals surface area contributed by atoms with Gasteiger partial charge in [-0.05, 0) is 19.8 Å². The molecule has 1 heterocycles. The molecule has 2 fully saturated rings. The molecular formula is C11H18O. The van der Waals surface area contributed by atoms with Gasteiger partial charge in [-0.1, -0.05) is 27.4 Å². The van der Waals surface area contributed by atoms with E-state index in [9.17, 15) is 0 Å². The second kappa shape index (κ2) is 1.73. The fraction of sp³-hybridized carbons (Fsp3) is 0.818. The summed E-state index contributed by atoms with van der Waals surface area (Å²) in [6.07, 6.45) is 2.41. The molecule has 1 aliphatic heterocycles. The highest BCUT2D eigenvalue weighted by Crippen LogP contribution is 2.68. The van der Waals surface area contributed by atoms with Crippen molar-refractivity contribution in [1.82, 2.24) is 0 Å². The molecule has 0 aromatic rings. The Hall–Kier alpha value is -0.460. The number of hydrogen-bond donors (Lipinski definition) is 0. The average molecular weight is 166 g/mol. The van der Waals surface area contributed by atoms with E-state index in [0.29, 0.717) is 0 Å². The second-order valence-electron chi connectivity index (χ2n) is 5.21. The monoisotopic (exact) mass is 166 g/mol. The predicted octanol–water partition coefficient (Wildman–Crippen LogP) is 3.12. The number of ether oxygens (including phenoxy) is 1. The van der Waals surface area contributed by atoms with Gasteiger partial charge >= 0.3 is 0 Å². The lowest BCUT2D eigenvalue weighted by atomic mass is 9.66. The molecule has 1 heteroatoms. The van der Waals surface area contributed by atoms with Gasteiger partial charge in [-0.25, -0.2) is 0 Å². The van der Waals surface area contributed by atoms with Crippen LogP contribution in [0.1, 0.15) is 40.5 Å². The number of hydrogen-bond acceptors (Lipinski definition) is 1. The average Bonchev–Trinajstić information content (AvgIpc) is 2.18. The first-order valence-corrected chi connectivity index (χ1v) is 4.72. The molecule has 0 amide bonds. The number of allylic oxidation sites excluding steroid dienone is 1. The Morgan fingerprint density at radius 3 is 1.92 bits per heavy atom. The van der Waals surface area contributed by atoms with E-state index in [1.54, 1.807) is 0 Å². The van der Waals surface area contributed by atoms with E-state index in [0.717, 1.165) is 5.76 Å². The molecule has 2 atom stereocenters.